The maximum Gasteiger partial charge on any atom is 0.282 e. The number of benzene rings is 2. The molecule has 2 aromatic rings. The van der Waals surface area contributed by atoms with Gasteiger partial charge in [-0.05, 0) is 36.5 Å². The van der Waals surface area contributed by atoms with Gasteiger partial charge in [-0.2, -0.15) is 0 Å². The highest BCUT2D eigenvalue weighted by atomic mass is 16.5. The van der Waals surface area contributed by atoms with Crippen LogP contribution in [0.3, 0.4) is 0 Å². The highest BCUT2D eigenvalue weighted by molar-refractivity contribution is 6.45. The van der Waals surface area contributed by atoms with E-state index in [1.54, 1.807) is 31.4 Å². The molecule has 0 saturated carbocycles. The van der Waals surface area contributed by atoms with Gasteiger partial charge in [0.2, 0.25) is 0 Å². The minimum Gasteiger partial charge on any atom is -0.497 e. The highest BCUT2D eigenvalue weighted by Gasteiger charge is 2.43. The quantitative estimate of drug-likeness (QED) is 0.764. The zero-order chi connectivity index (χ0) is 19.7. The van der Waals surface area contributed by atoms with Gasteiger partial charge >= 0.3 is 0 Å². The first kappa shape index (κ1) is 18.3. The van der Waals surface area contributed by atoms with Gasteiger partial charge in [-0.25, -0.2) is 4.90 Å². The van der Waals surface area contributed by atoms with Crippen LogP contribution in [0.4, 0.5) is 5.69 Å². The Labute approximate surface area is 165 Å². The maximum absolute atomic E-state index is 13.5. The Morgan fingerprint density at radius 2 is 1.79 bits per heavy atom. The van der Waals surface area contributed by atoms with Crippen LogP contribution < -0.4 is 9.64 Å². The van der Waals surface area contributed by atoms with Crippen LogP contribution in [0.25, 0.3) is 5.57 Å². The van der Waals surface area contributed by atoms with E-state index in [4.69, 9.17) is 4.74 Å². The van der Waals surface area contributed by atoms with E-state index in [0.717, 1.165) is 31.5 Å². The van der Waals surface area contributed by atoms with E-state index in [2.05, 4.69) is 11.8 Å². The molecule has 1 atom stereocenters. The summed E-state index contributed by atoms with van der Waals surface area (Å²) < 4.78 is 5.28. The van der Waals surface area contributed by atoms with Crippen LogP contribution in [0.2, 0.25) is 0 Å². The zero-order valence-electron chi connectivity index (χ0n) is 16.2. The van der Waals surface area contributed by atoms with Crippen LogP contribution in [-0.4, -0.2) is 36.9 Å². The second-order valence-electron chi connectivity index (χ2n) is 7.43. The van der Waals surface area contributed by atoms with Gasteiger partial charge in [0.05, 0.1) is 18.4 Å². The zero-order valence-corrected chi connectivity index (χ0v) is 16.2. The number of hydrogen-bond donors (Lipinski definition) is 0. The number of hydrogen-bond acceptors (Lipinski definition) is 4. The van der Waals surface area contributed by atoms with Crippen LogP contribution in [0, 0.1) is 5.92 Å². The second kappa shape index (κ2) is 7.50. The lowest BCUT2D eigenvalue weighted by molar-refractivity contribution is -0.120. The summed E-state index contributed by atoms with van der Waals surface area (Å²) in [6.45, 7) is 3.77. The molecule has 5 heteroatoms. The molecular weight excluding hydrogens is 352 g/mol. The van der Waals surface area contributed by atoms with E-state index in [-0.39, 0.29) is 11.8 Å². The monoisotopic (exact) mass is 376 g/mol. The summed E-state index contributed by atoms with van der Waals surface area (Å²) in [7, 11) is 1.57. The van der Waals surface area contributed by atoms with Gasteiger partial charge in [-0.15, -0.1) is 0 Å². The molecule has 0 aromatic heterocycles. The van der Waals surface area contributed by atoms with E-state index in [1.807, 2.05) is 30.3 Å². The lowest BCUT2D eigenvalue weighted by Gasteiger charge is -2.33. The van der Waals surface area contributed by atoms with Crippen molar-refractivity contribution in [2.45, 2.75) is 19.8 Å². The molecule has 2 aliphatic heterocycles. The van der Waals surface area contributed by atoms with Crippen LogP contribution in [-0.2, 0) is 9.59 Å². The summed E-state index contributed by atoms with van der Waals surface area (Å²) in [5, 5.41) is 0. The fraction of sp³-hybridized carbons (Fsp3) is 0.304. The molecule has 0 spiro atoms. The SMILES string of the molecule is COc1cccc(N2C(=O)C(c3ccccc3)=C(N3CCCC(C)C3)C2=O)c1. The Morgan fingerprint density at radius 1 is 1.00 bits per heavy atom. The molecule has 0 bridgehead atoms. The molecule has 4 rings (SSSR count). The number of carbonyl (C=O) groups is 2. The molecule has 0 N–H and O–H groups in total. The number of piperidine rings is 1. The molecule has 2 aliphatic rings. The summed E-state index contributed by atoms with van der Waals surface area (Å²) in [5.74, 6) is 0.565. The van der Waals surface area contributed by atoms with Crippen molar-refractivity contribution in [2.24, 2.45) is 5.92 Å². The molecule has 5 nitrogen and oxygen atoms in total. The third kappa shape index (κ3) is 3.17. The number of anilines is 1. The normalized spacial score (nSPS) is 20.1. The minimum absolute atomic E-state index is 0.258. The van der Waals surface area contributed by atoms with Crippen molar-refractivity contribution in [1.29, 1.82) is 0 Å². The van der Waals surface area contributed by atoms with Crippen molar-refractivity contribution in [3.63, 3.8) is 0 Å². The fourth-order valence-electron chi connectivity index (χ4n) is 4.05. The number of amides is 2. The fourth-order valence-corrected chi connectivity index (χ4v) is 4.05. The lowest BCUT2D eigenvalue weighted by atomic mass is 9.98. The van der Waals surface area contributed by atoms with Crippen molar-refractivity contribution in [2.75, 3.05) is 25.1 Å². The Hall–Kier alpha value is -3.08. The molecule has 2 heterocycles. The number of imide groups is 1. The summed E-state index contributed by atoms with van der Waals surface area (Å²) >= 11 is 0. The molecule has 1 fully saturated rings. The van der Waals surface area contributed by atoms with E-state index in [1.165, 1.54) is 4.90 Å². The average molecular weight is 376 g/mol. The number of methoxy groups -OCH3 is 1. The van der Waals surface area contributed by atoms with Gasteiger partial charge in [-0.1, -0.05) is 43.3 Å². The lowest BCUT2D eigenvalue weighted by Crippen LogP contribution is -2.39. The Bertz CT molecular complexity index is 936. The first-order valence-electron chi connectivity index (χ1n) is 9.67. The van der Waals surface area contributed by atoms with Gasteiger partial charge in [0.25, 0.3) is 11.8 Å². The van der Waals surface area contributed by atoms with Crippen molar-refractivity contribution in [1.82, 2.24) is 4.90 Å². The molecule has 1 unspecified atom stereocenters. The molecule has 0 aliphatic carbocycles. The molecule has 2 aromatic carbocycles. The largest absolute Gasteiger partial charge is 0.497 e. The topological polar surface area (TPSA) is 49.9 Å². The van der Waals surface area contributed by atoms with Crippen molar-refractivity contribution >= 4 is 23.1 Å². The predicted octanol–water partition coefficient (Wildman–Crippen LogP) is 3.71. The average Bonchev–Trinajstić information content (AvgIpc) is 2.99. The van der Waals surface area contributed by atoms with Gasteiger partial charge in [0, 0.05) is 19.2 Å². The van der Waals surface area contributed by atoms with E-state index in [9.17, 15) is 9.59 Å². The molecule has 144 valence electrons. The molecule has 2 amide bonds. The number of ether oxygens (including phenoxy) is 1. The van der Waals surface area contributed by atoms with Crippen LogP contribution in [0.1, 0.15) is 25.3 Å². The predicted molar refractivity (Wildman–Crippen MR) is 109 cm³/mol. The van der Waals surface area contributed by atoms with Gasteiger partial charge in [0.1, 0.15) is 11.4 Å². The minimum atomic E-state index is -0.280. The Balaban J connectivity index is 1.81. The van der Waals surface area contributed by atoms with Crippen LogP contribution in [0.5, 0.6) is 5.75 Å². The van der Waals surface area contributed by atoms with Gasteiger partial charge < -0.3 is 9.64 Å². The van der Waals surface area contributed by atoms with Crippen LogP contribution in [0.15, 0.2) is 60.3 Å². The van der Waals surface area contributed by atoms with Crippen molar-refractivity contribution in [3.8, 4) is 5.75 Å². The van der Waals surface area contributed by atoms with E-state index >= 15 is 0 Å². The maximum atomic E-state index is 13.5. The summed E-state index contributed by atoms with van der Waals surface area (Å²) in [6.07, 6.45) is 2.17. The smallest absolute Gasteiger partial charge is 0.282 e. The van der Waals surface area contributed by atoms with E-state index < -0.39 is 0 Å². The molecular formula is C23H24N2O3. The molecule has 1 saturated heterocycles. The van der Waals surface area contributed by atoms with E-state index in [0.29, 0.717) is 28.6 Å². The second-order valence-corrected chi connectivity index (χ2v) is 7.43. The molecule has 28 heavy (non-hydrogen) atoms. The first-order valence-corrected chi connectivity index (χ1v) is 9.67. The Kier molecular flexibility index (Phi) is 4.90. The molecule has 0 radical (unpaired) electrons. The number of carbonyl (C=O) groups excluding carboxylic acids is 2. The summed E-state index contributed by atoms with van der Waals surface area (Å²) in [4.78, 5) is 30.3. The summed E-state index contributed by atoms with van der Waals surface area (Å²) in [5.41, 5.74) is 2.32. The summed E-state index contributed by atoms with van der Waals surface area (Å²) in [6, 6.07) is 16.6. The number of rotatable bonds is 4. The first-order chi connectivity index (χ1) is 13.6. The third-order valence-corrected chi connectivity index (χ3v) is 5.41. The Morgan fingerprint density at radius 3 is 2.50 bits per heavy atom. The van der Waals surface area contributed by atoms with Gasteiger partial charge in [0.15, 0.2) is 0 Å². The number of nitrogens with zero attached hydrogens (tertiary/aromatic N) is 2. The van der Waals surface area contributed by atoms with Crippen LogP contribution >= 0.6 is 0 Å². The standard InChI is InChI=1S/C23H24N2O3/c1-16-8-7-13-24(15-16)21-20(17-9-4-3-5-10-17)22(26)25(23(21)27)18-11-6-12-19(14-18)28-2/h3-6,9-12,14,16H,7-8,13,15H2,1-2H3. The van der Waals surface area contributed by atoms with Gasteiger partial charge in [-0.3, -0.25) is 9.59 Å². The van der Waals surface area contributed by atoms with Crippen molar-refractivity contribution in [3.05, 3.63) is 65.9 Å². The number of likely N-dealkylation sites (tertiary alicyclic amines) is 1. The third-order valence-electron chi connectivity index (χ3n) is 5.41. The highest BCUT2D eigenvalue weighted by Crippen LogP contribution is 2.37. The van der Waals surface area contributed by atoms with Crippen molar-refractivity contribution < 1.29 is 14.3 Å².